The smallest absolute Gasteiger partial charge is 0.257 e. The average Bonchev–Trinajstić information content (AvgIpc) is 2.91. The first-order chi connectivity index (χ1) is 10.2. The predicted molar refractivity (Wildman–Crippen MR) is 77.5 cm³/mol. The standard InChI is InChI=1S/C14H19N5O2/c1-19-10-17-18-13(19)6-7-16-14(20)9-21-12-5-3-2-4-11(12)8-15/h2-5,10H,6-9,15H2,1H3,(H,16,20). The minimum absolute atomic E-state index is 0.0319. The number of benzene rings is 1. The molecule has 1 amide bonds. The SMILES string of the molecule is Cn1cnnc1CCNC(=O)COc1ccccc1CN. The van der Waals surface area contributed by atoms with Gasteiger partial charge in [-0.05, 0) is 6.07 Å². The van der Waals surface area contributed by atoms with Gasteiger partial charge in [0.05, 0.1) is 0 Å². The molecule has 7 heteroatoms. The van der Waals surface area contributed by atoms with E-state index in [-0.39, 0.29) is 12.5 Å². The number of carbonyl (C=O) groups is 1. The van der Waals surface area contributed by atoms with E-state index in [4.69, 9.17) is 10.5 Å². The van der Waals surface area contributed by atoms with Crippen LogP contribution in [-0.4, -0.2) is 33.8 Å². The molecule has 0 atom stereocenters. The van der Waals surface area contributed by atoms with Crippen molar-refractivity contribution >= 4 is 5.91 Å². The van der Waals surface area contributed by atoms with Crippen LogP contribution in [0.4, 0.5) is 0 Å². The first-order valence-electron chi connectivity index (χ1n) is 6.71. The van der Waals surface area contributed by atoms with Gasteiger partial charge in [0.2, 0.25) is 0 Å². The molecular formula is C14H19N5O2. The number of nitrogens with zero attached hydrogens (tertiary/aromatic N) is 3. The predicted octanol–water partition coefficient (Wildman–Crippen LogP) is 0.0115. The van der Waals surface area contributed by atoms with Gasteiger partial charge in [0, 0.05) is 32.1 Å². The maximum Gasteiger partial charge on any atom is 0.257 e. The van der Waals surface area contributed by atoms with Crippen molar-refractivity contribution in [2.24, 2.45) is 12.8 Å². The lowest BCUT2D eigenvalue weighted by molar-refractivity contribution is -0.123. The van der Waals surface area contributed by atoms with Gasteiger partial charge in [-0.15, -0.1) is 10.2 Å². The molecule has 0 saturated carbocycles. The molecule has 1 aromatic carbocycles. The van der Waals surface area contributed by atoms with Gasteiger partial charge < -0.3 is 20.4 Å². The van der Waals surface area contributed by atoms with Gasteiger partial charge >= 0.3 is 0 Å². The molecule has 0 aliphatic carbocycles. The number of para-hydroxylation sites is 1. The van der Waals surface area contributed by atoms with E-state index in [0.29, 0.717) is 25.3 Å². The lowest BCUT2D eigenvalue weighted by Gasteiger charge is -2.10. The summed E-state index contributed by atoms with van der Waals surface area (Å²) in [6, 6.07) is 7.41. The normalized spacial score (nSPS) is 10.4. The van der Waals surface area contributed by atoms with Gasteiger partial charge in [0.1, 0.15) is 17.9 Å². The van der Waals surface area contributed by atoms with E-state index in [1.54, 1.807) is 12.4 Å². The molecule has 0 radical (unpaired) electrons. The Morgan fingerprint density at radius 1 is 1.43 bits per heavy atom. The molecule has 0 saturated heterocycles. The molecule has 2 aromatic rings. The summed E-state index contributed by atoms with van der Waals surface area (Å²) in [7, 11) is 1.87. The summed E-state index contributed by atoms with van der Waals surface area (Å²) in [6.07, 6.45) is 2.26. The molecule has 0 unspecified atom stereocenters. The molecular weight excluding hydrogens is 270 g/mol. The number of nitrogens with one attached hydrogen (secondary N) is 1. The van der Waals surface area contributed by atoms with E-state index in [9.17, 15) is 4.79 Å². The van der Waals surface area contributed by atoms with Crippen molar-refractivity contribution < 1.29 is 9.53 Å². The van der Waals surface area contributed by atoms with Crippen LogP contribution in [-0.2, 0) is 24.8 Å². The van der Waals surface area contributed by atoms with Crippen molar-refractivity contribution in [1.82, 2.24) is 20.1 Å². The summed E-state index contributed by atoms with van der Waals surface area (Å²) < 4.78 is 7.30. The highest BCUT2D eigenvalue weighted by atomic mass is 16.5. The molecule has 0 fully saturated rings. The van der Waals surface area contributed by atoms with Crippen molar-refractivity contribution in [3.8, 4) is 5.75 Å². The van der Waals surface area contributed by atoms with Gasteiger partial charge in [-0.25, -0.2) is 0 Å². The summed E-state index contributed by atoms with van der Waals surface area (Å²) in [5, 5.41) is 10.5. The second kappa shape index (κ2) is 7.39. The fourth-order valence-corrected chi connectivity index (χ4v) is 1.85. The van der Waals surface area contributed by atoms with Crippen molar-refractivity contribution in [2.45, 2.75) is 13.0 Å². The van der Waals surface area contributed by atoms with Gasteiger partial charge in [0.25, 0.3) is 5.91 Å². The molecule has 1 aromatic heterocycles. The number of amides is 1. The van der Waals surface area contributed by atoms with Crippen LogP contribution in [0.5, 0.6) is 5.75 Å². The van der Waals surface area contributed by atoms with Crippen LogP contribution in [0.25, 0.3) is 0 Å². The highest BCUT2D eigenvalue weighted by molar-refractivity contribution is 5.77. The van der Waals surface area contributed by atoms with E-state index in [1.165, 1.54) is 0 Å². The number of carbonyl (C=O) groups excluding carboxylic acids is 1. The molecule has 0 aliphatic rings. The first kappa shape index (κ1) is 15.0. The van der Waals surface area contributed by atoms with Crippen molar-refractivity contribution in [1.29, 1.82) is 0 Å². The van der Waals surface area contributed by atoms with E-state index in [0.717, 1.165) is 11.4 Å². The zero-order valence-electron chi connectivity index (χ0n) is 12.0. The molecule has 2 rings (SSSR count). The summed E-state index contributed by atoms with van der Waals surface area (Å²) >= 11 is 0. The van der Waals surface area contributed by atoms with Crippen LogP contribution in [0.3, 0.4) is 0 Å². The van der Waals surface area contributed by atoms with Crippen LogP contribution >= 0.6 is 0 Å². The Kier molecular flexibility index (Phi) is 5.28. The van der Waals surface area contributed by atoms with E-state index >= 15 is 0 Å². The number of aromatic nitrogens is 3. The van der Waals surface area contributed by atoms with E-state index in [2.05, 4.69) is 15.5 Å². The van der Waals surface area contributed by atoms with Crippen LogP contribution in [0, 0.1) is 0 Å². The van der Waals surface area contributed by atoms with Crippen molar-refractivity contribution in [3.05, 3.63) is 42.0 Å². The Labute approximate surface area is 123 Å². The maximum absolute atomic E-state index is 11.7. The molecule has 3 N–H and O–H groups in total. The Hall–Kier alpha value is -2.41. The maximum atomic E-state index is 11.7. The van der Waals surface area contributed by atoms with Gasteiger partial charge in [-0.1, -0.05) is 18.2 Å². The average molecular weight is 289 g/mol. The van der Waals surface area contributed by atoms with Crippen molar-refractivity contribution in [3.63, 3.8) is 0 Å². The molecule has 0 bridgehead atoms. The Bertz CT molecular complexity index is 597. The second-order valence-corrected chi connectivity index (χ2v) is 4.56. The minimum Gasteiger partial charge on any atom is -0.483 e. The summed E-state index contributed by atoms with van der Waals surface area (Å²) in [6.45, 7) is 0.840. The lowest BCUT2D eigenvalue weighted by atomic mass is 10.2. The highest BCUT2D eigenvalue weighted by Crippen LogP contribution is 2.16. The van der Waals surface area contributed by atoms with Gasteiger partial charge in [-0.3, -0.25) is 4.79 Å². The zero-order chi connectivity index (χ0) is 15.1. The number of hydrogen-bond donors (Lipinski definition) is 2. The topological polar surface area (TPSA) is 95.1 Å². The van der Waals surface area contributed by atoms with E-state index in [1.807, 2.05) is 29.8 Å². The molecule has 112 valence electrons. The van der Waals surface area contributed by atoms with E-state index < -0.39 is 0 Å². The summed E-state index contributed by atoms with van der Waals surface area (Å²) in [5.41, 5.74) is 6.49. The summed E-state index contributed by atoms with van der Waals surface area (Å²) in [4.78, 5) is 11.7. The highest BCUT2D eigenvalue weighted by Gasteiger charge is 2.06. The second-order valence-electron chi connectivity index (χ2n) is 4.56. The van der Waals surface area contributed by atoms with Gasteiger partial charge in [0.15, 0.2) is 6.61 Å². The third-order valence-corrected chi connectivity index (χ3v) is 3.03. The number of aryl methyl sites for hydroxylation is 1. The van der Waals surface area contributed by atoms with Crippen LogP contribution in [0.2, 0.25) is 0 Å². The quantitative estimate of drug-likeness (QED) is 0.749. The number of hydrogen-bond acceptors (Lipinski definition) is 5. The van der Waals surface area contributed by atoms with Crippen LogP contribution in [0.15, 0.2) is 30.6 Å². The van der Waals surface area contributed by atoms with Crippen LogP contribution in [0.1, 0.15) is 11.4 Å². The number of rotatable bonds is 7. The Morgan fingerprint density at radius 2 is 2.24 bits per heavy atom. The molecule has 1 heterocycles. The van der Waals surface area contributed by atoms with Crippen molar-refractivity contribution in [2.75, 3.05) is 13.2 Å². The molecule has 0 aliphatic heterocycles. The number of nitrogens with two attached hydrogens (primary N) is 1. The first-order valence-corrected chi connectivity index (χ1v) is 6.71. The summed E-state index contributed by atoms with van der Waals surface area (Å²) in [5.74, 6) is 1.29. The Balaban J connectivity index is 1.74. The Morgan fingerprint density at radius 3 is 2.95 bits per heavy atom. The van der Waals surface area contributed by atoms with Crippen LogP contribution < -0.4 is 15.8 Å². The zero-order valence-corrected chi connectivity index (χ0v) is 12.0. The third kappa shape index (κ3) is 4.28. The fourth-order valence-electron chi connectivity index (χ4n) is 1.85. The van der Waals surface area contributed by atoms with Gasteiger partial charge in [-0.2, -0.15) is 0 Å². The minimum atomic E-state index is -0.177. The molecule has 7 nitrogen and oxygen atoms in total. The largest absolute Gasteiger partial charge is 0.483 e. The number of ether oxygens (including phenoxy) is 1. The fraction of sp³-hybridized carbons (Fsp3) is 0.357. The molecule has 21 heavy (non-hydrogen) atoms. The molecule has 0 spiro atoms. The third-order valence-electron chi connectivity index (χ3n) is 3.03. The monoisotopic (exact) mass is 289 g/mol. The lowest BCUT2D eigenvalue weighted by Crippen LogP contribution is -2.31.